The molecule has 0 radical (unpaired) electrons. The van der Waals surface area contributed by atoms with Crippen molar-refractivity contribution < 1.29 is 17.6 Å². The summed E-state index contributed by atoms with van der Waals surface area (Å²) in [6.45, 7) is 0.433. The number of benzene rings is 2. The summed E-state index contributed by atoms with van der Waals surface area (Å²) in [6.07, 6.45) is 0.784. The fourth-order valence-electron chi connectivity index (χ4n) is 3.76. The van der Waals surface area contributed by atoms with Crippen LogP contribution >= 0.6 is 11.3 Å². The standard InChI is InChI=1S/C21H22FN3O4S2/c1-24-18-7-6-16(12-19(18)30-21(24)27)23-20(26)14-8-10-25(11-9-14)31(28,29)13-15-4-2-3-5-17(15)22/h2-7,12,14H,8-11,13H2,1H3,(H,23,26). The molecule has 1 fully saturated rings. The van der Waals surface area contributed by atoms with Crippen molar-refractivity contribution in [1.29, 1.82) is 0 Å². The van der Waals surface area contributed by atoms with Crippen LogP contribution in [-0.4, -0.2) is 36.3 Å². The molecule has 4 rings (SSSR count). The monoisotopic (exact) mass is 463 g/mol. The van der Waals surface area contributed by atoms with Crippen molar-refractivity contribution in [2.45, 2.75) is 18.6 Å². The number of hydrogen-bond donors (Lipinski definition) is 1. The average molecular weight is 464 g/mol. The number of thiazole rings is 1. The number of rotatable bonds is 5. The van der Waals surface area contributed by atoms with Crippen LogP contribution in [0, 0.1) is 11.7 Å². The summed E-state index contributed by atoms with van der Waals surface area (Å²) in [5.74, 6) is -1.42. The summed E-state index contributed by atoms with van der Waals surface area (Å²) < 4.78 is 42.8. The van der Waals surface area contributed by atoms with Crippen molar-refractivity contribution in [3.8, 4) is 0 Å². The highest BCUT2D eigenvalue weighted by atomic mass is 32.2. The minimum absolute atomic E-state index is 0.0672. The molecule has 1 N–H and O–H groups in total. The molecule has 0 bridgehead atoms. The fraction of sp³-hybridized carbons (Fsp3) is 0.333. The van der Waals surface area contributed by atoms with Gasteiger partial charge in [0.2, 0.25) is 15.9 Å². The van der Waals surface area contributed by atoms with Crippen molar-refractivity contribution in [3.05, 3.63) is 63.5 Å². The van der Waals surface area contributed by atoms with Gasteiger partial charge < -0.3 is 9.88 Å². The summed E-state index contributed by atoms with van der Waals surface area (Å²) in [4.78, 5) is 24.4. The van der Waals surface area contributed by atoms with Gasteiger partial charge in [0.1, 0.15) is 5.82 Å². The molecule has 0 saturated carbocycles. The Morgan fingerprint density at radius 2 is 1.90 bits per heavy atom. The van der Waals surface area contributed by atoms with Crippen LogP contribution in [0.15, 0.2) is 47.3 Å². The van der Waals surface area contributed by atoms with Gasteiger partial charge in [0.15, 0.2) is 0 Å². The van der Waals surface area contributed by atoms with E-state index in [1.54, 1.807) is 35.9 Å². The number of carbonyl (C=O) groups excluding carboxylic acids is 1. The van der Waals surface area contributed by atoms with E-state index in [0.717, 1.165) is 21.6 Å². The molecule has 2 aromatic carbocycles. The topological polar surface area (TPSA) is 88.5 Å². The predicted octanol–water partition coefficient (Wildman–Crippen LogP) is 2.92. The minimum Gasteiger partial charge on any atom is -0.326 e. The number of carbonyl (C=O) groups is 1. The van der Waals surface area contributed by atoms with Crippen molar-refractivity contribution in [2.75, 3.05) is 18.4 Å². The second-order valence-electron chi connectivity index (χ2n) is 7.62. The molecule has 10 heteroatoms. The molecule has 1 aromatic heterocycles. The van der Waals surface area contributed by atoms with Gasteiger partial charge in [-0.25, -0.2) is 17.1 Å². The highest BCUT2D eigenvalue weighted by Gasteiger charge is 2.31. The third-order valence-electron chi connectivity index (χ3n) is 5.57. The molecule has 31 heavy (non-hydrogen) atoms. The molecule has 7 nitrogen and oxygen atoms in total. The quantitative estimate of drug-likeness (QED) is 0.630. The highest BCUT2D eigenvalue weighted by molar-refractivity contribution is 7.88. The van der Waals surface area contributed by atoms with Crippen LogP contribution < -0.4 is 10.2 Å². The summed E-state index contributed by atoms with van der Waals surface area (Å²) in [5, 5.41) is 2.87. The van der Waals surface area contributed by atoms with Crippen molar-refractivity contribution in [2.24, 2.45) is 13.0 Å². The summed E-state index contributed by atoms with van der Waals surface area (Å²) in [7, 11) is -1.96. The van der Waals surface area contributed by atoms with Crippen LogP contribution in [0.4, 0.5) is 10.1 Å². The largest absolute Gasteiger partial charge is 0.326 e. The third kappa shape index (κ3) is 4.56. The van der Waals surface area contributed by atoms with E-state index in [4.69, 9.17) is 0 Å². The van der Waals surface area contributed by atoms with Crippen LogP contribution in [-0.2, 0) is 27.6 Å². The number of amides is 1. The van der Waals surface area contributed by atoms with Gasteiger partial charge in [0.05, 0.1) is 16.0 Å². The van der Waals surface area contributed by atoms with Crippen molar-refractivity contribution in [3.63, 3.8) is 0 Å². The molecular formula is C21H22FN3O4S2. The van der Waals surface area contributed by atoms with Gasteiger partial charge in [-0.1, -0.05) is 29.5 Å². The molecule has 1 aliphatic heterocycles. The zero-order valence-electron chi connectivity index (χ0n) is 16.9. The smallest absolute Gasteiger partial charge is 0.307 e. The molecule has 1 amide bonds. The summed E-state index contributed by atoms with van der Waals surface area (Å²) >= 11 is 1.12. The van der Waals surface area contributed by atoms with E-state index in [1.807, 2.05) is 0 Å². The number of halogens is 1. The lowest BCUT2D eigenvalue weighted by atomic mass is 9.97. The van der Waals surface area contributed by atoms with E-state index < -0.39 is 21.6 Å². The first-order valence-electron chi connectivity index (χ1n) is 9.86. The molecule has 0 aliphatic carbocycles. The van der Waals surface area contributed by atoms with Gasteiger partial charge in [0, 0.05) is 37.3 Å². The van der Waals surface area contributed by atoms with Crippen LogP contribution in [0.3, 0.4) is 0 Å². The first kappa shape index (κ1) is 21.7. The normalized spacial score (nSPS) is 15.9. The fourth-order valence-corrected chi connectivity index (χ4v) is 6.25. The molecular weight excluding hydrogens is 441 g/mol. The number of fused-ring (bicyclic) bond motifs is 1. The molecule has 2 heterocycles. The summed E-state index contributed by atoms with van der Waals surface area (Å²) in [5.41, 5.74) is 1.55. The predicted molar refractivity (Wildman–Crippen MR) is 119 cm³/mol. The highest BCUT2D eigenvalue weighted by Crippen LogP contribution is 2.25. The Balaban J connectivity index is 1.37. The number of aromatic nitrogens is 1. The van der Waals surface area contributed by atoms with E-state index >= 15 is 0 Å². The zero-order valence-corrected chi connectivity index (χ0v) is 18.5. The molecule has 1 aliphatic rings. The third-order valence-corrected chi connectivity index (χ3v) is 8.40. The molecule has 0 unspecified atom stereocenters. The van der Waals surface area contributed by atoms with Gasteiger partial charge in [-0.15, -0.1) is 0 Å². The Morgan fingerprint density at radius 1 is 1.19 bits per heavy atom. The van der Waals surface area contributed by atoms with E-state index in [0.29, 0.717) is 18.5 Å². The number of nitrogens with one attached hydrogen (secondary N) is 1. The lowest BCUT2D eigenvalue weighted by Gasteiger charge is -2.30. The molecule has 164 valence electrons. The second-order valence-corrected chi connectivity index (χ2v) is 10.6. The number of piperidine rings is 1. The number of anilines is 1. The zero-order chi connectivity index (χ0) is 22.2. The lowest BCUT2D eigenvalue weighted by Crippen LogP contribution is -2.42. The Morgan fingerprint density at radius 3 is 2.61 bits per heavy atom. The van der Waals surface area contributed by atoms with Crippen LogP contribution in [0.2, 0.25) is 0 Å². The minimum atomic E-state index is -3.66. The first-order valence-corrected chi connectivity index (χ1v) is 12.3. The maximum atomic E-state index is 13.8. The van der Waals surface area contributed by atoms with Crippen LogP contribution in [0.5, 0.6) is 0 Å². The molecule has 1 saturated heterocycles. The Labute approximate surface area is 183 Å². The van der Waals surface area contributed by atoms with Gasteiger partial charge in [-0.3, -0.25) is 9.59 Å². The summed E-state index contributed by atoms with van der Waals surface area (Å²) in [6, 6.07) is 11.1. The van der Waals surface area contributed by atoms with E-state index in [2.05, 4.69) is 5.32 Å². The van der Waals surface area contributed by atoms with E-state index in [9.17, 15) is 22.4 Å². The van der Waals surface area contributed by atoms with Crippen molar-refractivity contribution in [1.82, 2.24) is 8.87 Å². The van der Waals surface area contributed by atoms with Gasteiger partial charge in [0.25, 0.3) is 0 Å². The maximum absolute atomic E-state index is 13.8. The SMILES string of the molecule is Cn1c(=O)sc2cc(NC(=O)C3CCN(S(=O)(=O)Cc4ccccc4F)CC3)ccc21. The van der Waals surface area contributed by atoms with Crippen LogP contribution in [0.1, 0.15) is 18.4 Å². The lowest BCUT2D eigenvalue weighted by molar-refractivity contribution is -0.120. The number of aryl methyl sites for hydroxylation is 1. The first-order chi connectivity index (χ1) is 14.7. The van der Waals surface area contributed by atoms with Gasteiger partial charge in [-0.05, 0) is 37.1 Å². The molecule has 3 aromatic rings. The Hall–Kier alpha value is -2.56. The Kier molecular flexibility index (Phi) is 5.96. The van der Waals surface area contributed by atoms with E-state index in [1.165, 1.54) is 22.5 Å². The van der Waals surface area contributed by atoms with Gasteiger partial charge in [-0.2, -0.15) is 0 Å². The Bertz CT molecular complexity index is 1290. The number of sulfonamides is 1. The van der Waals surface area contributed by atoms with Gasteiger partial charge >= 0.3 is 4.87 Å². The molecule has 0 atom stereocenters. The molecule has 0 spiro atoms. The van der Waals surface area contributed by atoms with Crippen LogP contribution in [0.25, 0.3) is 10.2 Å². The van der Waals surface area contributed by atoms with E-state index in [-0.39, 0.29) is 35.4 Å². The maximum Gasteiger partial charge on any atom is 0.307 e. The number of hydrogen-bond acceptors (Lipinski definition) is 5. The average Bonchev–Trinajstić information content (AvgIpc) is 3.03. The second kappa shape index (κ2) is 8.52. The number of nitrogens with zero attached hydrogens (tertiary/aromatic N) is 2. The van der Waals surface area contributed by atoms with Crippen molar-refractivity contribution >= 4 is 43.2 Å².